The van der Waals surface area contributed by atoms with Gasteiger partial charge in [0.05, 0.1) is 11.1 Å². The van der Waals surface area contributed by atoms with Crippen LogP contribution in [0.5, 0.6) is 0 Å². The summed E-state index contributed by atoms with van der Waals surface area (Å²) in [6, 6.07) is 11.5. The van der Waals surface area contributed by atoms with E-state index in [1.165, 1.54) is 0 Å². The van der Waals surface area contributed by atoms with Crippen molar-refractivity contribution in [3.8, 4) is 0 Å². The zero-order chi connectivity index (χ0) is 15.7. The Labute approximate surface area is 129 Å². The third-order valence-corrected chi connectivity index (χ3v) is 3.49. The zero-order valence-corrected chi connectivity index (χ0v) is 12.8. The Bertz CT molecular complexity index is 854. The molecule has 22 heavy (non-hydrogen) atoms. The Kier molecular flexibility index (Phi) is 3.59. The summed E-state index contributed by atoms with van der Waals surface area (Å²) in [5, 5.41) is 3.70. The van der Waals surface area contributed by atoms with Crippen LogP contribution in [-0.2, 0) is 0 Å². The third kappa shape index (κ3) is 2.81. The van der Waals surface area contributed by atoms with Crippen LogP contribution < -0.4 is 5.32 Å². The number of nitrogens with zero attached hydrogens (tertiary/aromatic N) is 2. The van der Waals surface area contributed by atoms with E-state index < -0.39 is 0 Å². The summed E-state index contributed by atoms with van der Waals surface area (Å²) in [7, 11) is 0. The van der Waals surface area contributed by atoms with E-state index in [1.54, 1.807) is 12.3 Å². The van der Waals surface area contributed by atoms with E-state index in [-0.39, 0.29) is 5.91 Å². The molecule has 0 saturated carbocycles. The lowest BCUT2D eigenvalue weighted by Crippen LogP contribution is -2.14. The summed E-state index contributed by atoms with van der Waals surface area (Å²) in [5.41, 5.74) is 4.42. The van der Waals surface area contributed by atoms with Crippen LogP contribution in [0.25, 0.3) is 10.9 Å². The number of amides is 1. The standard InChI is InChI=1S/C18H17N3O/c1-11-4-6-16-14(8-11)15(9-13(3)20-16)18(22)21-17-7-5-12(2)10-19-17/h4-10H,1-3H3,(H,19,21,22). The molecule has 1 amide bonds. The molecule has 0 aliphatic heterocycles. The number of carbonyl (C=O) groups excluding carboxylic acids is 1. The molecule has 2 heterocycles. The normalized spacial score (nSPS) is 10.7. The molecule has 0 aliphatic rings. The van der Waals surface area contributed by atoms with Crippen molar-refractivity contribution in [3.63, 3.8) is 0 Å². The maximum Gasteiger partial charge on any atom is 0.257 e. The average Bonchev–Trinajstić information content (AvgIpc) is 2.49. The van der Waals surface area contributed by atoms with Gasteiger partial charge >= 0.3 is 0 Å². The predicted molar refractivity (Wildman–Crippen MR) is 88.1 cm³/mol. The molecule has 4 nitrogen and oxygen atoms in total. The number of anilines is 1. The monoisotopic (exact) mass is 291 g/mol. The fourth-order valence-corrected chi connectivity index (χ4v) is 2.39. The topological polar surface area (TPSA) is 54.9 Å². The van der Waals surface area contributed by atoms with Gasteiger partial charge in [0.25, 0.3) is 5.91 Å². The van der Waals surface area contributed by atoms with Crippen molar-refractivity contribution >= 4 is 22.6 Å². The van der Waals surface area contributed by atoms with Crippen molar-refractivity contribution in [2.75, 3.05) is 5.32 Å². The summed E-state index contributed by atoms with van der Waals surface area (Å²) in [6.07, 6.45) is 1.73. The second-order valence-corrected chi connectivity index (χ2v) is 5.51. The number of pyridine rings is 2. The number of carbonyl (C=O) groups is 1. The van der Waals surface area contributed by atoms with E-state index >= 15 is 0 Å². The Hall–Kier alpha value is -2.75. The van der Waals surface area contributed by atoms with Crippen molar-refractivity contribution in [1.82, 2.24) is 9.97 Å². The van der Waals surface area contributed by atoms with Gasteiger partial charge in [-0.25, -0.2) is 4.98 Å². The molecule has 1 aromatic carbocycles. The van der Waals surface area contributed by atoms with Gasteiger partial charge < -0.3 is 5.32 Å². The van der Waals surface area contributed by atoms with Crippen LogP contribution in [-0.4, -0.2) is 15.9 Å². The molecule has 0 unspecified atom stereocenters. The highest BCUT2D eigenvalue weighted by atomic mass is 16.1. The molecule has 0 fully saturated rings. The van der Waals surface area contributed by atoms with Crippen molar-refractivity contribution in [1.29, 1.82) is 0 Å². The summed E-state index contributed by atoms with van der Waals surface area (Å²) in [6.45, 7) is 5.85. The fraction of sp³-hybridized carbons (Fsp3) is 0.167. The molecule has 3 aromatic rings. The minimum atomic E-state index is -0.169. The fourth-order valence-electron chi connectivity index (χ4n) is 2.39. The minimum absolute atomic E-state index is 0.169. The number of aryl methyl sites for hydroxylation is 3. The lowest BCUT2D eigenvalue weighted by molar-refractivity contribution is 0.102. The van der Waals surface area contributed by atoms with Gasteiger partial charge in [-0.3, -0.25) is 9.78 Å². The van der Waals surface area contributed by atoms with Gasteiger partial charge in [-0.1, -0.05) is 17.7 Å². The molecule has 2 aromatic heterocycles. The highest BCUT2D eigenvalue weighted by Crippen LogP contribution is 2.21. The highest BCUT2D eigenvalue weighted by molar-refractivity contribution is 6.12. The first-order valence-electron chi connectivity index (χ1n) is 7.15. The lowest BCUT2D eigenvalue weighted by atomic mass is 10.0. The molecule has 3 rings (SSSR count). The Morgan fingerprint density at radius 1 is 1.00 bits per heavy atom. The van der Waals surface area contributed by atoms with Gasteiger partial charge in [-0.05, 0) is 50.6 Å². The zero-order valence-electron chi connectivity index (χ0n) is 12.8. The summed E-state index contributed by atoms with van der Waals surface area (Å²) in [4.78, 5) is 21.3. The number of rotatable bonds is 2. The molecule has 0 radical (unpaired) electrons. The van der Waals surface area contributed by atoms with Gasteiger partial charge in [-0.2, -0.15) is 0 Å². The van der Waals surface area contributed by atoms with Gasteiger partial charge in [0, 0.05) is 17.3 Å². The van der Waals surface area contributed by atoms with Crippen LogP contribution in [0.2, 0.25) is 0 Å². The molecule has 0 bridgehead atoms. The van der Waals surface area contributed by atoms with Crippen LogP contribution in [0, 0.1) is 20.8 Å². The lowest BCUT2D eigenvalue weighted by Gasteiger charge is -2.09. The molecule has 0 spiro atoms. The average molecular weight is 291 g/mol. The number of hydrogen-bond acceptors (Lipinski definition) is 3. The van der Waals surface area contributed by atoms with Crippen LogP contribution in [0.15, 0.2) is 42.6 Å². The predicted octanol–water partition coefficient (Wildman–Crippen LogP) is 3.81. The molecule has 4 heteroatoms. The van der Waals surface area contributed by atoms with E-state index in [0.29, 0.717) is 11.4 Å². The molecule has 0 saturated heterocycles. The molecule has 0 aliphatic carbocycles. The Morgan fingerprint density at radius 3 is 2.50 bits per heavy atom. The number of nitrogens with one attached hydrogen (secondary N) is 1. The van der Waals surface area contributed by atoms with E-state index in [0.717, 1.165) is 27.7 Å². The second-order valence-electron chi connectivity index (χ2n) is 5.51. The van der Waals surface area contributed by atoms with Crippen molar-refractivity contribution < 1.29 is 4.79 Å². The first-order valence-corrected chi connectivity index (χ1v) is 7.15. The highest BCUT2D eigenvalue weighted by Gasteiger charge is 2.13. The van der Waals surface area contributed by atoms with E-state index in [1.807, 2.05) is 51.1 Å². The van der Waals surface area contributed by atoms with E-state index in [4.69, 9.17) is 0 Å². The van der Waals surface area contributed by atoms with Crippen LogP contribution in [0.1, 0.15) is 27.2 Å². The number of hydrogen-bond donors (Lipinski definition) is 1. The van der Waals surface area contributed by atoms with Gasteiger partial charge in [0.1, 0.15) is 5.82 Å². The Morgan fingerprint density at radius 2 is 1.77 bits per heavy atom. The molecule has 110 valence electrons. The quantitative estimate of drug-likeness (QED) is 0.781. The van der Waals surface area contributed by atoms with Crippen molar-refractivity contribution in [2.45, 2.75) is 20.8 Å². The molecular formula is C18H17N3O. The smallest absolute Gasteiger partial charge is 0.257 e. The minimum Gasteiger partial charge on any atom is -0.307 e. The van der Waals surface area contributed by atoms with Crippen LogP contribution >= 0.6 is 0 Å². The SMILES string of the molecule is Cc1ccc(NC(=O)c2cc(C)nc3ccc(C)cc23)nc1. The summed E-state index contributed by atoms with van der Waals surface area (Å²) in [5.74, 6) is 0.378. The molecular weight excluding hydrogens is 274 g/mol. The number of aromatic nitrogens is 2. The van der Waals surface area contributed by atoms with Crippen molar-refractivity contribution in [2.24, 2.45) is 0 Å². The number of fused-ring (bicyclic) bond motifs is 1. The first kappa shape index (κ1) is 14.2. The van der Waals surface area contributed by atoms with Crippen LogP contribution in [0.4, 0.5) is 5.82 Å². The number of benzene rings is 1. The maximum absolute atomic E-state index is 12.6. The molecule has 0 atom stereocenters. The van der Waals surface area contributed by atoms with Crippen LogP contribution in [0.3, 0.4) is 0 Å². The summed E-state index contributed by atoms with van der Waals surface area (Å²) >= 11 is 0. The van der Waals surface area contributed by atoms with Crippen molar-refractivity contribution in [3.05, 3.63) is 65.0 Å². The molecule has 1 N–H and O–H groups in total. The maximum atomic E-state index is 12.6. The second kappa shape index (κ2) is 5.56. The van der Waals surface area contributed by atoms with Gasteiger partial charge in [0.2, 0.25) is 0 Å². The van der Waals surface area contributed by atoms with Gasteiger partial charge in [0.15, 0.2) is 0 Å². The Balaban J connectivity index is 2.03. The first-order chi connectivity index (χ1) is 10.5. The largest absolute Gasteiger partial charge is 0.307 e. The van der Waals surface area contributed by atoms with E-state index in [9.17, 15) is 4.79 Å². The van der Waals surface area contributed by atoms with Gasteiger partial charge in [-0.15, -0.1) is 0 Å². The van der Waals surface area contributed by atoms with E-state index in [2.05, 4.69) is 15.3 Å². The third-order valence-electron chi connectivity index (χ3n) is 3.49. The summed E-state index contributed by atoms with van der Waals surface area (Å²) < 4.78 is 0.